The van der Waals surface area contributed by atoms with Gasteiger partial charge in [0, 0.05) is 23.4 Å². The van der Waals surface area contributed by atoms with E-state index in [1.54, 1.807) is 44.6 Å². The third-order valence-corrected chi connectivity index (χ3v) is 3.46. The molecule has 2 aromatic carbocycles. The first-order chi connectivity index (χ1) is 11.6. The van der Waals surface area contributed by atoms with Crippen LogP contribution in [-0.2, 0) is 4.79 Å². The van der Waals surface area contributed by atoms with E-state index in [1.165, 1.54) is 6.08 Å². The summed E-state index contributed by atoms with van der Waals surface area (Å²) in [6, 6.07) is 14.1. The lowest BCUT2D eigenvalue weighted by Crippen LogP contribution is -2.08. The van der Waals surface area contributed by atoms with Crippen molar-refractivity contribution >= 4 is 17.2 Å². The molecule has 24 heavy (non-hydrogen) atoms. The van der Waals surface area contributed by atoms with Gasteiger partial charge in [0.2, 0.25) is 5.91 Å². The van der Waals surface area contributed by atoms with Crippen LogP contribution < -0.4 is 14.8 Å². The van der Waals surface area contributed by atoms with Gasteiger partial charge in [-0.1, -0.05) is 0 Å². The summed E-state index contributed by atoms with van der Waals surface area (Å²) >= 11 is 0. The standard InChI is InChI=1S/C19H18N2O3/c1-13(17-9-8-16(23-2)11-18(17)24-3)10-19(22)21-15-6-4-14(12-20)5-7-15/h4-11H,1-3H3,(H,21,22)/b13-10+. The molecule has 0 fully saturated rings. The van der Waals surface area contributed by atoms with Gasteiger partial charge in [0.1, 0.15) is 11.5 Å². The Morgan fingerprint density at radius 2 is 1.83 bits per heavy atom. The first kappa shape index (κ1) is 17.1. The average Bonchev–Trinajstić information content (AvgIpc) is 2.61. The van der Waals surface area contributed by atoms with Crippen LogP contribution in [0.3, 0.4) is 0 Å². The molecule has 0 atom stereocenters. The summed E-state index contributed by atoms with van der Waals surface area (Å²) < 4.78 is 10.5. The van der Waals surface area contributed by atoms with Gasteiger partial charge in [-0.05, 0) is 48.9 Å². The molecule has 2 rings (SSSR count). The Balaban J connectivity index is 2.17. The van der Waals surface area contributed by atoms with Gasteiger partial charge in [-0.25, -0.2) is 0 Å². The number of hydrogen-bond acceptors (Lipinski definition) is 4. The fraction of sp³-hybridized carbons (Fsp3) is 0.158. The van der Waals surface area contributed by atoms with E-state index in [1.807, 2.05) is 25.1 Å². The third-order valence-electron chi connectivity index (χ3n) is 3.46. The Bertz CT molecular complexity index is 802. The number of nitrogens with one attached hydrogen (secondary N) is 1. The summed E-state index contributed by atoms with van der Waals surface area (Å²) in [5.41, 5.74) is 2.75. The monoisotopic (exact) mass is 322 g/mol. The summed E-state index contributed by atoms with van der Waals surface area (Å²) in [6.45, 7) is 1.84. The van der Waals surface area contributed by atoms with Crippen molar-refractivity contribution in [1.82, 2.24) is 0 Å². The van der Waals surface area contributed by atoms with Gasteiger partial charge < -0.3 is 14.8 Å². The van der Waals surface area contributed by atoms with Crippen molar-refractivity contribution in [2.45, 2.75) is 6.92 Å². The summed E-state index contributed by atoms with van der Waals surface area (Å²) in [5.74, 6) is 1.06. The topological polar surface area (TPSA) is 71.3 Å². The van der Waals surface area contributed by atoms with Crippen LogP contribution in [0.15, 0.2) is 48.5 Å². The van der Waals surface area contributed by atoms with Gasteiger partial charge in [-0.2, -0.15) is 5.26 Å². The van der Waals surface area contributed by atoms with E-state index in [0.29, 0.717) is 22.7 Å². The largest absolute Gasteiger partial charge is 0.497 e. The Labute approximate surface area is 141 Å². The Hall–Kier alpha value is -3.26. The zero-order chi connectivity index (χ0) is 17.5. The predicted molar refractivity (Wildman–Crippen MR) is 93.0 cm³/mol. The molecular formula is C19H18N2O3. The fourth-order valence-electron chi connectivity index (χ4n) is 2.21. The average molecular weight is 322 g/mol. The number of amides is 1. The number of methoxy groups -OCH3 is 2. The van der Waals surface area contributed by atoms with Gasteiger partial charge in [0.05, 0.1) is 25.9 Å². The molecule has 0 aromatic heterocycles. The van der Waals surface area contributed by atoms with Crippen molar-refractivity contribution in [2.24, 2.45) is 0 Å². The van der Waals surface area contributed by atoms with Crippen molar-refractivity contribution in [2.75, 3.05) is 19.5 Å². The number of carbonyl (C=O) groups is 1. The van der Waals surface area contributed by atoms with E-state index in [9.17, 15) is 4.79 Å². The van der Waals surface area contributed by atoms with Crippen LogP contribution in [0.1, 0.15) is 18.1 Å². The minimum Gasteiger partial charge on any atom is -0.497 e. The number of allylic oxidation sites excluding steroid dienone is 1. The molecule has 5 nitrogen and oxygen atoms in total. The molecule has 0 unspecified atom stereocenters. The molecule has 0 aliphatic rings. The van der Waals surface area contributed by atoms with E-state index in [-0.39, 0.29) is 5.91 Å². The molecule has 122 valence electrons. The van der Waals surface area contributed by atoms with E-state index < -0.39 is 0 Å². The van der Waals surface area contributed by atoms with Crippen molar-refractivity contribution in [3.63, 3.8) is 0 Å². The molecular weight excluding hydrogens is 304 g/mol. The number of anilines is 1. The van der Waals surface area contributed by atoms with E-state index in [4.69, 9.17) is 14.7 Å². The van der Waals surface area contributed by atoms with Gasteiger partial charge in [-0.15, -0.1) is 0 Å². The molecule has 0 saturated carbocycles. The van der Waals surface area contributed by atoms with Crippen LogP contribution in [0.5, 0.6) is 11.5 Å². The molecule has 0 spiro atoms. The van der Waals surface area contributed by atoms with E-state index in [0.717, 1.165) is 11.1 Å². The maximum absolute atomic E-state index is 12.2. The first-order valence-electron chi connectivity index (χ1n) is 7.29. The SMILES string of the molecule is COc1ccc(/C(C)=C/C(=O)Nc2ccc(C#N)cc2)c(OC)c1. The molecule has 1 amide bonds. The van der Waals surface area contributed by atoms with Crippen LogP contribution in [0, 0.1) is 11.3 Å². The van der Waals surface area contributed by atoms with Crippen LogP contribution in [0.25, 0.3) is 5.57 Å². The Morgan fingerprint density at radius 3 is 2.42 bits per heavy atom. The van der Waals surface area contributed by atoms with Gasteiger partial charge in [0.25, 0.3) is 0 Å². The Kier molecular flexibility index (Phi) is 5.58. The second-order valence-corrected chi connectivity index (χ2v) is 5.07. The smallest absolute Gasteiger partial charge is 0.248 e. The number of nitrogens with zero attached hydrogens (tertiary/aromatic N) is 1. The van der Waals surface area contributed by atoms with Crippen molar-refractivity contribution in [3.8, 4) is 17.6 Å². The highest BCUT2D eigenvalue weighted by atomic mass is 16.5. The lowest BCUT2D eigenvalue weighted by atomic mass is 10.1. The predicted octanol–water partition coefficient (Wildman–Crippen LogP) is 3.62. The molecule has 0 saturated heterocycles. The summed E-state index contributed by atoms with van der Waals surface area (Å²) in [4.78, 5) is 12.2. The van der Waals surface area contributed by atoms with E-state index in [2.05, 4.69) is 5.32 Å². The minimum atomic E-state index is -0.255. The van der Waals surface area contributed by atoms with Crippen molar-refractivity contribution in [3.05, 3.63) is 59.7 Å². The molecule has 0 radical (unpaired) electrons. The van der Waals surface area contributed by atoms with E-state index >= 15 is 0 Å². The zero-order valence-corrected chi connectivity index (χ0v) is 13.8. The third kappa shape index (κ3) is 4.14. The summed E-state index contributed by atoms with van der Waals surface area (Å²) in [6.07, 6.45) is 1.50. The Morgan fingerprint density at radius 1 is 1.12 bits per heavy atom. The normalized spacial score (nSPS) is 10.7. The maximum atomic E-state index is 12.2. The lowest BCUT2D eigenvalue weighted by molar-refractivity contribution is -0.111. The number of rotatable bonds is 5. The summed E-state index contributed by atoms with van der Waals surface area (Å²) in [7, 11) is 3.16. The molecule has 1 N–H and O–H groups in total. The van der Waals surface area contributed by atoms with Gasteiger partial charge in [-0.3, -0.25) is 4.79 Å². The fourth-order valence-corrected chi connectivity index (χ4v) is 2.21. The van der Waals surface area contributed by atoms with Crippen molar-refractivity contribution < 1.29 is 14.3 Å². The lowest BCUT2D eigenvalue weighted by Gasteiger charge is -2.11. The highest BCUT2D eigenvalue weighted by molar-refractivity contribution is 6.04. The van der Waals surface area contributed by atoms with Crippen molar-refractivity contribution in [1.29, 1.82) is 5.26 Å². The van der Waals surface area contributed by atoms with Crippen LogP contribution in [0.2, 0.25) is 0 Å². The highest BCUT2D eigenvalue weighted by Crippen LogP contribution is 2.29. The number of benzene rings is 2. The number of hydrogen-bond donors (Lipinski definition) is 1. The van der Waals surface area contributed by atoms with Gasteiger partial charge >= 0.3 is 0 Å². The highest BCUT2D eigenvalue weighted by Gasteiger charge is 2.08. The molecule has 5 heteroatoms. The molecule has 0 heterocycles. The minimum absolute atomic E-state index is 0.255. The second-order valence-electron chi connectivity index (χ2n) is 5.07. The zero-order valence-electron chi connectivity index (χ0n) is 13.8. The quantitative estimate of drug-likeness (QED) is 0.854. The molecule has 2 aromatic rings. The van der Waals surface area contributed by atoms with Gasteiger partial charge in [0.15, 0.2) is 0 Å². The molecule has 0 aliphatic carbocycles. The second kappa shape index (κ2) is 7.84. The maximum Gasteiger partial charge on any atom is 0.248 e. The molecule has 0 bridgehead atoms. The van der Waals surface area contributed by atoms with Crippen LogP contribution >= 0.6 is 0 Å². The summed E-state index contributed by atoms with van der Waals surface area (Å²) in [5, 5.41) is 11.5. The number of nitriles is 1. The number of ether oxygens (including phenoxy) is 2. The molecule has 0 aliphatic heterocycles. The van der Waals surface area contributed by atoms with Crippen LogP contribution in [0.4, 0.5) is 5.69 Å². The first-order valence-corrected chi connectivity index (χ1v) is 7.29. The van der Waals surface area contributed by atoms with Crippen LogP contribution in [-0.4, -0.2) is 20.1 Å². The number of carbonyl (C=O) groups excluding carboxylic acids is 1.